The molecule has 1 nitrogen and oxygen atoms in total. The summed E-state index contributed by atoms with van der Waals surface area (Å²) in [4.78, 5) is 0. The van der Waals surface area contributed by atoms with Crippen LogP contribution in [0.2, 0.25) is 0 Å². The second-order valence-corrected chi connectivity index (χ2v) is 7.10. The molecule has 1 fully saturated rings. The second-order valence-electron chi connectivity index (χ2n) is 6.18. The van der Waals surface area contributed by atoms with Crippen LogP contribution in [-0.2, 0) is 0 Å². The Morgan fingerprint density at radius 2 is 1.72 bits per heavy atom. The molecule has 18 heavy (non-hydrogen) atoms. The van der Waals surface area contributed by atoms with Crippen molar-refractivity contribution in [2.45, 2.75) is 46.1 Å². The van der Waals surface area contributed by atoms with Crippen LogP contribution in [0.5, 0.6) is 0 Å². The van der Waals surface area contributed by atoms with Crippen LogP contribution in [0.25, 0.3) is 0 Å². The largest absolute Gasteiger partial charge is 0.388 e. The van der Waals surface area contributed by atoms with E-state index in [-0.39, 0.29) is 6.10 Å². The van der Waals surface area contributed by atoms with Crippen molar-refractivity contribution in [2.75, 3.05) is 0 Å². The molecule has 1 aromatic rings. The van der Waals surface area contributed by atoms with Crippen molar-refractivity contribution in [3.8, 4) is 0 Å². The van der Waals surface area contributed by atoms with E-state index in [1.807, 2.05) is 0 Å². The Morgan fingerprint density at radius 1 is 1.11 bits per heavy atom. The van der Waals surface area contributed by atoms with Gasteiger partial charge >= 0.3 is 0 Å². The van der Waals surface area contributed by atoms with Crippen LogP contribution in [0, 0.1) is 24.7 Å². The molecule has 0 amide bonds. The molecule has 3 unspecified atom stereocenters. The quantitative estimate of drug-likeness (QED) is 0.826. The smallest absolute Gasteiger partial charge is 0.0818 e. The van der Waals surface area contributed by atoms with Crippen LogP contribution in [0.4, 0.5) is 0 Å². The summed E-state index contributed by atoms with van der Waals surface area (Å²) in [6, 6.07) is 6.25. The van der Waals surface area contributed by atoms with Crippen molar-refractivity contribution in [3.63, 3.8) is 0 Å². The summed E-state index contributed by atoms with van der Waals surface area (Å²) in [6.45, 7) is 6.69. The van der Waals surface area contributed by atoms with E-state index in [1.54, 1.807) is 0 Å². The third kappa shape index (κ3) is 3.36. The molecule has 0 heterocycles. The average molecular weight is 311 g/mol. The van der Waals surface area contributed by atoms with E-state index in [4.69, 9.17) is 0 Å². The zero-order chi connectivity index (χ0) is 13.3. The zero-order valence-electron chi connectivity index (χ0n) is 11.5. The van der Waals surface area contributed by atoms with Gasteiger partial charge in [-0.25, -0.2) is 0 Å². The Kier molecular flexibility index (Phi) is 4.50. The highest BCUT2D eigenvalue weighted by Gasteiger charge is 2.29. The summed E-state index contributed by atoms with van der Waals surface area (Å²) in [5, 5.41) is 10.6. The molecule has 1 aliphatic rings. The predicted molar refractivity (Wildman–Crippen MR) is 79.5 cm³/mol. The van der Waals surface area contributed by atoms with Gasteiger partial charge in [0.25, 0.3) is 0 Å². The first-order valence-corrected chi connectivity index (χ1v) is 7.70. The number of benzene rings is 1. The topological polar surface area (TPSA) is 20.2 Å². The van der Waals surface area contributed by atoms with Crippen molar-refractivity contribution in [3.05, 3.63) is 33.8 Å². The van der Waals surface area contributed by atoms with E-state index < -0.39 is 0 Å². The summed E-state index contributed by atoms with van der Waals surface area (Å²) in [7, 11) is 0. The first kappa shape index (κ1) is 14.1. The maximum absolute atomic E-state index is 10.6. The van der Waals surface area contributed by atoms with Gasteiger partial charge < -0.3 is 5.11 Å². The van der Waals surface area contributed by atoms with Crippen molar-refractivity contribution in [1.82, 2.24) is 0 Å². The average Bonchev–Trinajstić information content (AvgIpc) is 2.25. The molecule has 0 aliphatic heterocycles. The van der Waals surface area contributed by atoms with Crippen LogP contribution in [0.15, 0.2) is 22.7 Å². The molecule has 3 atom stereocenters. The fourth-order valence-electron chi connectivity index (χ4n) is 3.47. The molecule has 2 heteroatoms. The lowest BCUT2D eigenvalue weighted by atomic mass is 9.73. The fraction of sp³-hybridized carbons (Fsp3) is 0.625. The minimum Gasteiger partial charge on any atom is -0.388 e. The fourth-order valence-corrected chi connectivity index (χ4v) is 4.10. The maximum atomic E-state index is 10.6. The van der Waals surface area contributed by atoms with Crippen molar-refractivity contribution < 1.29 is 5.11 Å². The van der Waals surface area contributed by atoms with Gasteiger partial charge in [0.05, 0.1) is 6.10 Å². The maximum Gasteiger partial charge on any atom is 0.0818 e. The highest BCUT2D eigenvalue weighted by atomic mass is 79.9. The number of aryl methyl sites for hydroxylation is 1. The number of aliphatic hydroxyl groups is 1. The van der Waals surface area contributed by atoms with E-state index >= 15 is 0 Å². The lowest BCUT2D eigenvalue weighted by Crippen LogP contribution is -2.24. The van der Waals surface area contributed by atoms with E-state index in [1.165, 1.54) is 12.0 Å². The Balaban J connectivity index is 2.17. The molecule has 0 bridgehead atoms. The van der Waals surface area contributed by atoms with Crippen LogP contribution >= 0.6 is 15.9 Å². The summed E-state index contributed by atoms with van der Waals surface area (Å²) in [6.07, 6.45) is 3.29. The second kappa shape index (κ2) is 5.75. The summed E-state index contributed by atoms with van der Waals surface area (Å²) in [5.74, 6) is 1.89. The van der Waals surface area contributed by atoms with E-state index in [0.717, 1.165) is 34.7 Å². The van der Waals surface area contributed by atoms with Crippen molar-refractivity contribution >= 4 is 15.9 Å². The lowest BCUT2D eigenvalue weighted by molar-refractivity contribution is 0.0551. The van der Waals surface area contributed by atoms with Gasteiger partial charge in [0.2, 0.25) is 0 Å². The Labute approximate surface area is 119 Å². The van der Waals surface area contributed by atoms with Crippen LogP contribution in [-0.4, -0.2) is 5.11 Å². The van der Waals surface area contributed by atoms with Gasteiger partial charge in [-0.05, 0) is 67.2 Å². The Hall–Kier alpha value is -0.340. The lowest BCUT2D eigenvalue weighted by Gasteiger charge is -2.34. The molecule has 1 saturated carbocycles. The molecule has 0 saturated heterocycles. The molecule has 1 N–H and O–H groups in total. The number of hydrogen-bond donors (Lipinski definition) is 1. The van der Waals surface area contributed by atoms with E-state index in [0.29, 0.717) is 5.92 Å². The summed E-state index contributed by atoms with van der Waals surface area (Å²) in [5.41, 5.74) is 2.27. The van der Waals surface area contributed by atoms with Gasteiger partial charge in [-0.1, -0.05) is 35.8 Å². The Bertz CT molecular complexity index is 385. The number of rotatable bonds is 2. The molecule has 2 rings (SSSR count). The first-order chi connectivity index (χ1) is 8.45. The number of hydrogen-bond acceptors (Lipinski definition) is 1. The van der Waals surface area contributed by atoms with Crippen LogP contribution in [0.3, 0.4) is 0 Å². The third-order valence-electron chi connectivity index (χ3n) is 4.07. The Morgan fingerprint density at radius 3 is 2.28 bits per heavy atom. The van der Waals surface area contributed by atoms with Crippen molar-refractivity contribution in [1.29, 1.82) is 0 Å². The normalized spacial score (nSPS) is 30.2. The van der Waals surface area contributed by atoms with Gasteiger partial charge in [0, 0.05) is 4.47 Å². The van der Waals surface area contributed by atoms with Gasteiger partial charge in [-0.15, -0.1) is 0 Å². The van der Waals surface area contributed by atoms with Crippen LogP contribution in [0.1, 0.15) is 50.3 Å². The minimum atomic E-state index is -0.314. The number of aliphatic hydroxyl groups excluding tert-OH is 1. The van der Waals surface area contributed by atoms with E-state index in [9.17, 15) is 5.11 Å². The zero-order valence-corrected chi connectivity index (χ0v) is 13.1. The third-order valence-corrected chi connectivity index (χ3v) is 4.53. The molecule has 1 aliphatic carbocycles. The number of halogens is 1. The van der Waals surface area contributed by atoms with Crippen LogP contribution < -0.4 is 0 Å². The van der Waals surface area contributed by atoms with Gasteiger partial charge in [0.15, 0.2) is 0 Å². The van der Waals surface area contributed by atoms with E-state index in [2.05, 4.69) is 54.9 Å². The van der Waals surface area contributed by atoms with Gasteiger partial charge in [-0.3, -0.25) is 0 Å². The van der Waals surface area contributed by atoms with Gasteiger partial charge in [-0.2, -0.15) is 0 Å². The highest BCUT2D eigenvalue weighted by Crippen LogP contribution is 2.40. The molecule has 0 radical (unpaired) electrons. The van der Waals surface area contributed by atoms with Gasteiger partial charge in [0.1, 0.15) is 0 Å². The summed E-state index contributed by atoms with van der Waals surface area (Å²) < 4.78 is 1.06. The molecule has 0 spiro atoms. The molecular weight excluding hydrogens is 288 g/mol. The minimum absolute atomic E-state index is 0.314. The first-order valence-electron chi connectivity index (χ1n) is 6.91. The monoisotopic (exact) mass is 310 g/mol. The molecular formula is C16H23BrO. The SMILES string of the molecule is Cc1cc(Br)cc(C(O)C2CC(C)CC(C)C2)c1. The highest BCUT2D eigenvalue weighted by molar-refractivity contribution is 9.10. The standard InChI is InChI=1S/C16H23BrO/c1-10-4-11(2)6-13(5-10)16(18)14-7-12(3)8-15(17)9-14/h7-11,13,16,18H,4-6H2,1-3H3. The molecule has 1 aromatic carbocycles. The summed E-state index contributed by atoms with van der Waals surface area (Å²) >= 11 is 3.52. The van der Waals surface area contributed by atoms with Crippen molar-refractivity contribution in [2.24, 2.45) is 17.8 Å². The molecule has 100 valence electrons. The predicted octanol–water partition coefficient (Wildman–Crippen LogP) is 4.86. The molecule has 0 aromatic heterocycles.